The van der Waals surface area contributed by atoms with Crippen LogP contribution in [0.4, 0.5) is 47.1 Å². The molecule has 0 fully saturated rings. The number of hydrogen-bond donors (Lipinski definition) is 12. The highest BCUT2D eigenvalue weighted by Crippen LogP contribution is 2.28. The third-order valence-electron chi connectivity index (χ3n) is 10.2. The first-order valence-electron chi connectivity index (χ1n) is 22.7. The topological polar surface area (TPSA) is 329 Å². The van der Waals surface area contributed by atoms with Gasteiger partial charge in [-0.25, -0.2) is 0 Å². The van der Waals surface area contributed by atoms with Crippen LogP contribution in [0.3, 0.4) is 0 Å². The highest BCUT2D eigenvalue weighted by atomic mass is 32.2. The van der Waals surface area contributed by atoms with E-state index in [0.29, 0.717) is 52.4 Å². The van der Waals surface area contributed by atoms with E-state index in [9.17, 15) is 25.9 Å². The van der Waals surface area contributed by atoms with Gasteiger partial charge in [-0.2, -0.15) is 46.7 Å². The summed E-state index contributed by atoms with van der Waals surface area (Å²) in [4.78, 5) is 30.3. The molecule has 2 aromatic heterocycles. The van der Waals surface area contributed by atoms with E-state index in [1.165, 1.54) is 48.6 Å². The highest BCUT2D eigenvalue weighted by Gasteiger charge is 2.19. The Morgan fingerprint density at radius 2 is 0.824 bits per heavy atom. The summed E-state index contributed by atoms with van der Waals surface area (Å²) in [6.07, 6.45) is 4.23. The van der Waals surface area contributed by atoms with Crippen molar-refractivity contribution in [2.24, 2.45) is 0 Å². The van der Waals surface area contributed by atoms with Crippen LogP contribution in [0.1, 0.15) is 51.7 Å². The summed E-state index contributed by atoms with van der Waals surface area (Å²) in [5.74, 6) is 1.15. The molecule has 0 aliphatic heterocycles. The number of aromatic nitrogens is 6. The van der Waals surface area contributed by atoms with Gasteiger partial charge in [0.15, 0.2) is 0 Å². The van der Waals surface area contributed by atoms with Gasteiger partial charge >= 0.3 is 0 Å². The minimum absolute atomic E-state index is 0.000574. The molecule has 0 aliphatic rings. The Balaban J connectivity index is 1.58. The molecule has 376 valence electrons. The van der Waals surface area contributed by atoms with E-state index in [4.69, 9.17) is 10.2 Å². The number of nitrogens with zero attached hydrogens (tertiary/aromatic N) is 8. The maximum atomic E-state index is 12.8. The van der Waals surface area contributed by atoms with Gasteiger partial charge in [0.05, 0.1) is 13.2 Å². The maximum Gasteiger partial charge on any atom is 0.295 e. The van der Waals surface area contributed by atoms with E-state index in [1.54, 1.807) is 0 Å². The van der Waals surface area contributed by atoms with Crippen LogP contribution in [0.15, 0.2) is 46.2 Å². The molecule has 24 nitrogen and oxygen atoms in total. The lowest BCUT2D eigenvalue weighted by Crippen LogP contribution is -2.26. The molecule has 0 atom stereocenters. The maximum absolute atomic E-state index is 12.8. The number of hydrogen-bond acceptors (Lipinski definition) is 22. The lowest BCUT2D eigenvalue weighted by atomic mass is 10.1. The second kappa shape index (κ2) is 28.8. The lowest BCUT2D eigenvalue weighted by Gasteiger charge is -2.18. The zero-order valence-corrected chi connectivity index (χ0v) is 40.8. The molecule has 0 saturated heterocycles. The lowest BCUT2D eigenvalue weighted by molar-refractivity contribution is 0.293. The largest absolute Gasteiger partial charge is 0.395 e. The summed E-state index contributed by atoms with van der Waals surface area (Å²) >= 11 is 0. The van der Waals surface area contributed by atoms with Crippen molar-refractivity contribution in [1.82, 2.24) is 50.3 Å². The predicted molar refractivity (Wildman–Crippen MR) is 266 cm³/mol. The van der Waals surface area contributed by atoms with Gasteiger partial charge in [0.25, 0.3) is 20.2 Å². The SMILES string of the molecule is CCN(CC)CCCNc1nc(NCCNCCO)nc(Nc2ccc(/C=C/c3ccc(Nc4nc(NCCCN(CC)CC)nc(NCCNCCO)n4)cc3S(=O)(=O)O)c(S(=O)(=O)O)c2)n1. The standard InChI is InChI=1S/C42H68N16O8S2/c1-5-57(6-2)25-9-17-45-37-51-39(47-21-19-43-23-27-59)55-41(53-37)49-33-15-13-31(35(29-33)67(61,62)63)11-12-32-14-16-34(30-36(32)68(64,65)66)50-42-54-38(46-18-10-26-58(7-3)8-4)52-40(56-42)48-22-20-44-24-28-60/h11-16,29-30,43-44,59-60H,5-10,17-28H2,1-4H3,(H,61,62,63)(H,64,65,66)(H3,45,47,49,51,53,55)(H3,46,48,50,52,54,56)/b12-11+. The average molecular weight is 989 g/mol. The van der Waals surface area contributed by atoms with Gasteiger partial charge in [-0.1, -0.05) is 52.0 Å². The van der Waals surface area contributed by atoms with E-state index in [2.05, 4.69) is 110 Å². The van der Waals surface area contributed by atoms with Crippen molar-refractivity contribution in [2.75, 3.05) is 137 Å². The first-order valence-corrected chi connectivity index (χ1v) is 25.6. The van der Waals surface area contributed by atoms with E-state index < -0.39 is 30.0 Å². The summed E-state index contributed by atoms with van der Waals surface area (Å²) in [6, 6.07) is 8.20. The molecular formula is C42H68N16O8S2. The third kappa shape index (κ3) is 19.3. The van der Waals surface area contributed by atoms with Gasteiger partial charge in [0, 0.05) is 63.7 Å². The smallest absolute Gasteiger partial charge is 0.295 e. The van der Waals surface area contributed by atoms with Crippen LogP contribution in [0.5, 0.6) is 0 Å². The minimum atomic E-state index is -4.85. The Morgan fingerprint density at radius 3 is 1.15 bits per heavy atom. The fourth-order valence-corrected chi connectivity index (χ4v) is 8.00. The molecule has 0 unspecified atom stereocenters. The number of anilines is 8. The molecule has 2 aromatic carbocycles. The van der Waals surface area contributed by atoms with Gasteiger partial charge in [0.2, 0.25) is 35.7 Å². The van der Waals surface area contributed by atoms with Crippen LogP contribution >= 0.6 is 0 Å². The van der Waals surface area contributed by atoms with Crippen LogP contribution in [0.2, 0.25) is 0 Å². The molecule has 4 rings (SSSR count). The van der Waals surface area contributed by atoms with Gasteiger partial charge < -0.3 is 62.5 Å². The molecule has 0 spiro atoms. The van der Waals surface area contributed by atoms with Crippen LogP contribution in [-0.2, 0) is 20.2 Å². The molecule has 0 radical (unpaired) electrons. The van der Waals surface area contributed by atoms with E-state index in [-0.39, 0.29) is 71.4 Å². The zero-order chi connectivity index (χ0) is 49.4. The van der Waals surface area contributed by atoms with Crippen molar-refractivity contribution < 1.29 is 36.2 Å². The fraction of sp³-hybridized carbons (Fsp3) is 0.524. The second-order valence-electron chi connectivity index (χ2n) is 15.1. The Hall–Kier alpha value is -5.42. The number of aliphatic hydroxyl groups excluding tert-OH is 2. The van der Waals surface area contributed by atoms with Crippen molar-refractivity contribution >= 4 is 79.5 Å². The Kier molecular flexibility index (Phi) is 23.4. The molecular weight excluding hydrogens is 921 g/mol. The number of benzene rings is 2. The van der Waals surface area contributed by atoms with Gasteiger partial charge in [-0.15, -0.1) is 0 Å². The quantitative estimate of drug-likeness (QED) is 0.0182. The van der Waals surface area contributed by atoms with Gasteiger partial charge in [-0.05, 0) is 87.5 Å². The second-order valence-corrected chi connectivity index (χ2v) is 17.8. The minimum Gasteiger partial charge on any atom is -0.395 e. The molecule has 0 bridgehead atoms. The predicted octanol–water partition coefficient (Wildman–Crippen LogP) is 2.48. The third-order valence-corrected chi connectivity index (χ3v) is 12.0. The van der Waals surface area contributed by atoms with Crippen molar-refractivity contribution in [3.63, 3.8) is 0 Å². The highest BCUT2D eigenvalue weighted by molar-refractivity contribution is 7.86. The van der Waals surface area contributed by atoms with Crippen molar-refractivity contribution in [1.29, 1.82) is 0 Å². The fourth-order valence-electron chi connectivity index (χ4n) is 6.58. The molecule has 0 saturated carbocycles. The van der Waals surface area contributed by atoms with Crippen LogP contribution < -0.4 is 42.5 Å². The average Bonchev–Trinajstić information content (AvgIpc) is 3.30. The number of rotatable bonds is 34. The molecule has 2 heterocycles. The number of nitrogens with one attached hydrogen (secondary N) is 8. The zero-order valence-electron chi connectivity index (χ0n) is 39.2. The Bertz CT molecular complexity index is 2250. The van der Waals surface area contributed by atoms with E-state index in [0.717, 1.165) is 52.1 Å². The summed E-state index contributed by atoms with van der Waals surface area (Å²) in [7, 11) is -9.69. The van der Waals surface area contributed by atoms with Crippen LogP contribution in [-0.4, -0.2) is 181 Å². The van der Waals surface area contributed by atoms with Gasteiger partial charge in [-0.3, -0.25) is 9.11 Å². The van der Waals surface area contributed by atoms with Crippen LogP contribution in [0.25, 0.3) is 12.2 Å². The molecule has 26 heteroatoms. The summed E-state index contributed by atoms with van der Waals surface area (Å²) in [5, 5.41) is 42.9. The van der Waals surface area contributed by atoms with Crippen molar-refractivity contribution in [3.8, 4) is 0 Å². The molecule has 12 N–H and O–H groups in total. The molecule has 0 amide bonds. The monoisotopic (exact) mass is 988 g/mol. The Labute approximate surface area is 399 Å². The van der Waals surface area contributed by atoms with Gasteiger partial charge in [0.1, 0.15) is 9.79 Å². The molecule has 0 aliphatic carbocycles. The first kappa shape index (κ1) is 55.2. The van der Waals surface area contributed by atoms with Crippen molar-refractivity contribution in [2.45, 2.75) is 50.3 Å². The number of aliphatic hydroxyl groups is 2. The van der Waals surface area contributed by atoms with Crippen molar-refractivity contribution in [3.05, 3.63) is 47.5 Å². The first-order chi connectivity index (χ1) is 32.7. The molecule has 68 heavy (non-hydrogen) atoms. The molecule has 4 aromatic rings. The van der Waals surface area contributed by atoms with Crippen LogP contribution in [0, 0.1) is 0 Å². The van der Waals surface area contributed by atoms with E-state index >= 15 is 0 Å². The Morgan fingerprint density at radius 1 is 0.485 bits per heavy atom. The van der Waals surface area contributed by atoms with E-state index in [1.807, 2.05) is 0 Å². The summed E-state index contributed by atoms with van der Waals surface area (Å²) in [5.41, 5.74) is 0.399. The summed E-state index contributed by atoms with van der Waals surface area (Å²) < 4.78 is 71.7. The summed E-state index contributed by atoms with van der Waals surface area (Å²) in [6.45, 7) is 17.7. The normalized spacial score (nSPS) is 12.0.